The summed E-state index contributed by atoms with van der Waals surface area (Å²) >= 11 is 0. The Morgan fingerprint density at radius 2 is 2.15 bits per heavy atom. The van der Waals surface area contributed by atoms with Gasteiger partial charge >= 0.3 is 0 Å². The van der Waals surface area contributed by atoms with Gasteiger partial charge in [0, 0.05) is 11.9 Å². The van der Waals surface area contributed by atoms with Crippen molar-refractivity contribution in [3.05, 3.63) is 18.0 Å². The molecule has 0 saturated carbocycles. The Morgan fingerprint density at radius 1 is 1.31 bits per heavy atom. The number of nitrogen functional groups attached to an aromatic ring is 1. The zero-order valence-corrected chi connectivity index (χ0v) is 8.16. The van der Waals surface area contributed by atoms with E-state index in [0.717, 1.165) is 12.1 Å². The van der Waals surface area contributed by atoms with Crippen LogP contribution in [0.4, 0.5) is 5.95 Å². The molecule has 0 aliphatic heterocycles. The van der Waals surface area contributed by atoms with E-state index >= 15 is 0 Å². The summed E-state index contributed by atoms with van der Waals surface area (Å²) in [6.07, 6.45) is 7.79. The average molecular weight is 179 g/mol. The molecule has 0 aromatic carbocycles. The van der Waals surface area contributed by atoms with Gasteiger partial charge in [0.15, 0.2) is 0 Å². The summed E-state index contributed by atoms with van der Waals surface area (Å²) in [6, 6.07) is 1.93. The van der Waals surface area contributed by atoms with Crippen LogP contribution in [0.1, 0.15) is 38.3 Å². The first-order valence-corrected chi connectivity index (χ1v) is 4.90. The lowest BCUT2D eigenvalue weighted by atomic mass is 10.1. The smallest absolute Gasteiger partial charge is 0.220 e. The molecular formula is C10H17N3. The third kappa shape index (κ3) is 3.87. The highest BCUT2D eigenvalue weighted by atomic mass is 15.0. The quantitative estimate of drug-likeness (QED) is 0.705. The van der Waals surface area contributed by atoms with E-state index in [1.807, 2.05) is 6.07 Å². The normalized spacial score (nSPS) is 10.2. The van der Waals surface area contributed by atoms with Crippen LogP contribution in [0, 0.1) is 0 Å². The van der Waals surface area contributed by atoms with Gasteiger partial charge in [-0.3, -0.25) is 0 Å². The molecule has 0 aliphatic rings. The summed E-state index contributed by atoms with van der Waals surface area (Å²) in [6.45, 7) is 2.21. The minimum Gasteiger partial charge on any atom is -0.368 e. The number of unbranched alkanes of at least 4 members (excludes halogenated alkanes) is 3. The lowest BCUT2D eigenvalue weighted by molar-refractivity contribution is 0.660. The van der Waals surface area contributed by atoms with Crippen molar-refractivity contribution >= 4 is 5.95 Å². The Labute approximate surface area is 79.4 Å². The highest BCUT2D eigenvalue weighted by molar-refractivity contribution is 5.17. The topological polar surface area (TPSA) is 51.8 Å². The lowest BCUT2D eigenvalue weighted by Crippen LogP contribution is -1.98. The van der Waals surface area contributed by atoms with Gasteiger partial charge in [0.1, 0.15) is 0 Å². The first-order chi connectivity index (χ1) is 6.33. The lowest BCUT2D eigenvalue weighted by Gasteiger charge is -2.00. The van der Waals surface area contributed by atoms with E-state index in [0.29, 0.717) is 5.95 Å². The molecule has 0 fully saturated rings. The number of nitrogens with zero attached hydrogens (tertiary/aromatic N) is 2. The van der Waals surface area contributed by atoms with E-state index in [2.05, 4.69) is 16.9 Å². The molecule has 0 saturated heterocycles. The Kier molecular flexibility index (Phi) is 4.23. The second-order valence-electron chi connectivity index (χ2n) is 3.22. The van der Waals surface area contributed by atoms with Gasteiger partial charge in [0.2, 0.25) is 5.95 Å². The first-order valence-electron chi connectivity index (χ1n) is 4.90. The molecule has 0 bridgehead atoms. The summed E-state index contributed by atoms with van der Waals surface area (Å²) in [5.41, 5.74) is 6.53. The van der Waals surface area contributed by atoms with Crippen LogP contribution in [0.15, 0.2) is 12.3 Å². The third-order valence-corrected chi connectivity index (χ3v) is 2.02. The van der Waals surface area contributed by atoms with Crippen LogP contribution in [-0.4, -0.2) is 9.97 Å². The number of hydrogen-bond acceptors (Lipinski definition) is 3. The highest BCUT2D eigenvalue weighted by Gasteiger charge is 1.95. The van der Waals surface area contributed by atoms with Crippen LogP contribution in [-0.2, 0) is 6.42 Å². The van der Waals surface area contributed by atoms with Crippen LogP contribution in [0.2, 0.25) is 0 Å². The van der Waals surface area contributed by atoms with E-state index in [9.17, 15) is 0 Å². The van der Waals surface area contributed by atoms with Crippen LogP contribution in [0.3, 0.4) is 0 Å². The minimum atomic E-state index is 0.382. The third-order valence-electron chi connectivity index (χ3n) is 2.02. The van der Waals surface area contributed by atoms with Crippen molar-refractivity contribution < 1.29 is 0 Å². The number of rotatable bonds is 5. The van der Waals surface area contributed by atoms with E-state index in [4.69, 9.17) is 5.73 Å². The zero-order valence-electron chi connectivity index (χ0n) is 8.16. The van der Waals surface area contributed by atoms with E-state index in [1.165, 1.54) is 25.7 Å². The maximum Gasteiger partial charge on any atom is 0.220 e. The van der Waals surface area contributed by atoms with Crippen molar-refractivity contribution in [3.63, 3.8) is 0 Å². The van der Waals surface area contributed by atoms with E-state index in [1.54, 1.807) is 6.20 Å². The fourth-order valence-corrected chi connectivity index (χ4v) is 1.29. The molecule has 3 nitrogen and oxygen atoms in total. The summed E-state index contributed by atoms with van der Waals surface area (Å²) in [5.74, 6) is 0.382. The SMILES string of the molecule is CCCCCCc1ccnc(N)n1. The Hall–Kier alpha value is -1.12. The first kappa shape index (κ1) is 9.96. The van der Waals surface area contributed by atoms with Gasteiger partial charge in [0.05, 0.1) is 0 Å². The molecule has 0 aliphatic carbocycles. The predicted molar refractivity (Wildman–Crippen MR) is 54.3 cm³/mol. The van der Waals surface area contributed by atoms with Crippen LogP contribution < -0.4 is 5.73 Å². The van der Waals surface area contributed by atoms with Crippen molar-refractivity contribution in [1.29, 1.82) is 0 Å². The van der Waals surface area contributed by atoms with Gasteiger partial charge in [-0.05, 0) is 18.9 Å². The van der Waals surface area contributed by atoms with Gasteiger partial charge in [0.25, 0.3) is 0 Å². The molecule has 0 spiro atoms. The molecule has 1 rings (SSSR count). The molecule has 72 valence electrons. The summed E-state index contributed by atoms with van der Waals surface area (Å²) in [5, 5.41) is 0. The molecule has 0 atom stereocenters. The fraction of sp³-hybridized carbons (Fsp3) is 0.600. The monoisotopic (exact) mass is 179 g/mol. The average Bonchev–Trinajstić information content (AvgIpc) is 2.13. The number of anilines is 1. The molecular weight excluding hydrogens is 162 g/mol. The van der Waals surface area contributed by atoms with E-state index in [-0.39, 0.29) is 0 Å². The van der Waals surface area contributed by atoms with Gasteiger partial charge < -0.3 is 5.73 Å². The summed E-state index contributed by atoms with van der Waals surface area (Å²) < 4.78 is 0. The molecule has 1 aromatic rings. The Morgan fingerprint density at radius 3 is 2.85 bits per heavy atom. The number of nitrogens with two attached hydrogens (primary N) is 1. The van der Waals surface area contributed by atoms with Gasteiger partial charge in [-0.25, -0.2) is 9.97 Å². The largest absolute Gasteiger partial charge is 0.368 e. The van der Waals surface area contributed by atoms with Crippen LogP contribution in [0.5, 0.6) is 0 Å². The number of aryl methyl sites for hydroxylation is 1. The standard InChI is InChI=1S/C10H17N3/c1-2-3-4-5-6-9-7-8-12-10(11)13-9/h7-8H,2-6H2,1H3,(H2,11,12,13). The van der Waals surface area contributed by atoms with Crippen LogP contribution >= 0.6 is 0 Å². The Balaban J connectivity index is 2.28. The van der Waals surface area contributed by atoms with Crippen molar-refractivity contribution in [1.82, 2.24) is 9.97 Å². The minimum absolute atomic E-state index is 0.382. The molecule has 2 N–H and O–H groups in total. The molecule has 1 aromatic heterocycles. The molecule has 3 heteroatoms. The summed E-state index contributed by atoms with van der Waals surface area (Å²) in [7, 11) is 0. The molecule has 1 heterocycles. The van der Waals surface area contributed by atoms with Crippen molar-refractivity contribution in [2.75, 3.05) is 5.73 Å². The molecule has 0 unspecified atom stereocenters. The molecule has 0 radical (unpaired) electrons. The van der Waals surface area contributed by atoms with Crippen molar-refractivity contribution in [2.24, 2.45) is 0 Å². The highest BCUT2D eigenvalue weighted by Crippen LogP contribution is 2.05. The van der Waals surface area contributed by atoms with Crippen molar-refractivity contribution in [3.8, 4) is 0 Å². The van der Waals surface area contributed by atoms with Gasteiger partial charge in [-0.2, -0.15) is 0 Å². The van der Waals surface area contributed by atoms with Gasteiger partial charge in [-0.1, -0.05) is 26.2 Å². The molecule has 0 amide bonds. The zero-order chi connectivity index (χ0) is 9.52. The predicted octanol–water partition coefficient (Wildman–Crippen LogP) is 2.18. The number of aromatic nitrogens is 2. The van der Waals surface area contributed by atoms with Crippen LogP contribution in [0.25, 0.3) is 0 Å². The van der Waals surface area contributed by atoms with Gasteiger partial charge in [-0.15, -0.1) is 0 Å². The second kappa shape index (κ2) is 5.51. The molecule has 13 heavy (non-hydrogen) atoms. The van der Waals surface area contributed by atoms with Crippen molar-refractivity contribution in [2.45, 2.75) is 39.0 Å². The number of hydrogen-bond donors (Lipinski definition) is 1. The maximum absolute atomic E-state index is 5.47. The van der Waals surface area contributed by atoms with E-state index < -0.39 is 0 Å². The second-order valence-corrected chi connectivity index (χ2v) is 3.22. The fourth-order valence-electron chi connectivity index (χ4n) is 1.29. The maximum atomic E-state index is 5.47. The Bertz CT molecular complexity index is 248. The summed E-state index contributed by atoms with van der Waals surface area (Å²) in [4.78, 5) is 7.99.